The normalized spacial score (nSPS) is 21.9. The second-order valence-electron chi connectivity index (χ2n) is 9.97. The summed E-state index contributed by atoms with van der Waals surface area (Å²) in [6.45, 7) is 1.42. The van der Waals surface area contributed by atoms with Crippen molar-refractivity contribution in [2.75, 3.05) is 39.1 Å². The first-order valence-corrected chi connectivity index (χ1v) is 13.0. The van der Waals surface area contributed by atoms with Gasteiger partial charge < -0.3 is 34.7 Å². The molecule has 4 rings (SSSR count). The van der Waals surface area contributed by atoms with Crippen LogP contribution in [0.25, 0.3) is 0 Å². The third kappa shape index (κ3) is 5.97. The maximum absolute atomic E-state index is 14.1. The van der Waals surface area contributed by atoms with Crippen LogP contribution in [0.4, 0.5) is 11.4 Å². The molecule has 0 saturated heterocycles. The maximum Gasteiger partial charge on any atom is 0.235 e. The van der Waals surface area contributed by atoms with Crippen LogP contribution in [0.5, 0.6) is 23.0 Å². The van der Waals surface area contributed by atoms with E-state index in [-0.39, 0.29) is 0 Å². The first-order chi connectivity index (χ1) is 19.6. The van der Waals surface area contributed by atoms with Crippen molar-refractivity contribution in [1.29, 1.82) is 0 Å². The van der Waals surface area contributed by atoms with Crippen LogP contribution < -0.4 is 29.6 Å². The van der Waals surface area contributed by atoms with Crippen molar-refractivity contribution >= 4 is 29.0 Å². The van der Waals surface area contributed by atoms with Crippen LogP contribution in [-0.2, 0) is 14.4 Å². The van der Waals surface area contributed by atoms with Gasteiger partial charge in [-0.3, -0.25) is 14.4 Å². The summed E-state index contributed by atoms with van der Waals surface area (Å²) in [6, 6.07) is 18.5. The monoisotopic (exact) mass is 562 g/mol. The van der Waals surface area contributed by atoms with E-state index in [2.05, 4.69) is 10.6 Å². The molecule has 1 fully saturated rings. The Balaban J connectivity index is 1.87. The van der Waals surface area contributed by atoms with Gasteiger partial charge in [-0.05, 0) is 49.4 Å². The van der Waals surface area contributed by atoms with Gasteiger partial charge in [-0.25, -0.2) is 0 Å². The fourth-order valence-corrected chi connectivity index (χ4v) is 5.48. The summed E-state index contributed by atoms with van der Waals surface area (Å²) in [5.41, 5.74) is -0.723. The average molecular weight is 563 g/mol. The first kappa shape index (κ1) is 29.4. The highest BCUT2D eigenvalue weighted by atomic mass is 16.5. The molecule has 0 radical (unpaired) electrons. The van der Waals surface area contributed by atoms with E-state index in [1.54, 1.807) is 66.7 Å². The summed E-state index contributed by atoms with van der Waals surface area (Å²) in [6.07, 6.45) is -0.427. The number of benzene rings is 3. The minimum Gasteiger partial charge on any atom is -0.497 e. The number of nitrogens with one attached hydrogen (secondary N) is 2. The summed E-state index contributed by atoms with van der Waals surface area (Å²) >= 11 is 0. The Labute approximate surface area is 238 Å². The molecule has 10 nitrogen and oxygen atoms in total. The van der Waals surface area contributed by atoms with Crippen molar-refractivity contribution in [3.8, 4) is 23.0 Å². The highest BCUT2D eigenvalue weighted by Crippen LogP contribution is 2.50. The van der Waals surface area contributed by atoms with E-state index in [0.717, 1.165) is 0 Å². The predicted octanol–water partition coefficient (Wildman–Crippen LogP) is 4.04. The fraction of sp³-hybridized carbons (Fsp3) is 0.323. The molecule has 1 aliphatic carbocycles. The molecule has 3 aromatic rings. The van der Waals surface area contributed by atoms with Crippen molar-refractivity contribution in [2.24, 2.45) is 11.8 Å². The van der Waals surface area contributed by atoms with Crippen LogP contribution in [0.15, 0.2) is 66.7 Å². The van der Waals surface area contributed by atoms with Gasteiger partial charge in [0.25, 0.3) is 0 Å². The number of carbonyl (C=O) groups excluding carboxylic acids is 3. The highest BCUT2D eigenvalue weighted by Gasteiger charge is 2.56. The topological polar surface area (TPSA) is 132 Å². The van der Waals surface area contributed by atoms with Crippen molar-refractivity contribution < 1.29 is 38.4 Å². The Morgan fingerprint density at radius 3 is 1.85 bits per heavy atom. The molecule has 41 heavy (non-hydrogen) atoms. The molecule has 4 atom stereocenters. The van der Waals surface area contributed by atoms with Crippen molar-refractivity contribution in [2.45, 2.75) is 24.9 Å². The largest absolute Gasteiger partial charge is 0.497 e. The van der Waals surface area contributed by atoms with Crippen LogP contribution in [0, 0.1) is 11.8 Å². The Morgan fingerprint density at radius 2 is 1.32 bits per heavy atom. The first-order valence-electron chi connectivity index (χ1n) is 13.0. The van der Waals surface area contributed by atoms with Crippen LogP contribution in [-0.4, -0.2) is 56.7 Å². The van der Waals surface area contributed by atoms with Gasteiger partial charge in [0.05, 0.1) is 51.3 Å². The molecular weight excluding hydrogens is 528 g/mol. The molecule has 0 aromatic heterocycles. The predicted molar refractivity (Wildman–Crippen MR) is 153 cm³/mol. The average Bonchev–Trinajstić information content (AvgIpc) is 2.96. The molecular formula is C31H34N2O8. The summed E-state index contributed by atoms with van der Waals surface area (Å²) in [5, 5.41) is 17.3. The van der Waals surface area contributed by atoms with E-state index >= 15 is 0 Å². The van der Waals surface area contributed by atoms with Crippen LogP contribution in [0.2, 0.25) is 0 Å². The maximum atomic E-state index is 14.1. The summed E-state index contributed by atoms with van der Waals surface area (Å²) in [7, 11) is 5.87. The van der Waals surface area contributed by atoms with Gasteiger partial charge in [0.1, 0.15) is 34.7 Å². The molecule has 216 valence electrons. The number of carbonyl (C=O) groups is 3. The second-order valence-corrected chi connectivity index (χ2v) is 9.97. The zero-order chi connectivity index (χ0) is 29.7. The highest BCUT2D eigenvalue weighted by molar-refractivity contribution is 6.11. The molecule has 2 amide bonds. The lowest BCUT2D eigenvalue weighted by Crippen LogP contribution is -2.56. The molecule has 0 aliphatic heterocycles. The van der Waals surface area contributed by atoms with Gasteiger partial charge in [-0.15, -0.1) is 0 Å². The lowest BCUT2D eigenvalue weighted by Gasteiger charge is -2.44. The number of methoxy groups -OCH3 is 4. The van der Waals surface area contributed by atoms with Gasteiger partial charge >= 0.3 is 0 Å². The van der Waals surface area contributed by atoms with Crippen molar-refractivity contribution in [3.63, 3.8) is 0 Å². The van der Waals surface area contributed by atoms with E-state index < -0.39 is 47.4 Å². The number of para-hydroxylation sites is 4. The molecule has 0 heterocycles. The molecule has 3 aromatic carbocycles. The smallest absolute Gasteiger partial charge is 0.235 e. The van der Waals surface area contributed by atoms with Gasteiger partial charge in [0.2, 0.25) is 11.8 Å². The lowest BCUT2D eigenvalue weighted by atomic mass is 9.61. The number of aliphatic hydroxyl groups is 1. The van der Waals surface area contributed by atoms with E-state index in [0.29, 0.717) is 39.9 Å². The van der Waals surface area contributed by atoms with Crippen LogP contribution in [0.3, 0.4) is 0 Å². The minimum atomic E-state index is -1.82. The molecule has 1 aliphatic rings. The minimum absolute atomic E-state index is 0.325. The molecule has 4 unspecified atom stereocenters. The lowest BCUT2D eigenvalue weighted by molar-refractivity contribution is -0.150. The van der Waals surface area contributed by atoms with Gasteiger partial charge in [0.15, 0.2) is 0 Å². The second kappa shape index (κ2) is 12.3. The van der Waals surface area contributed by atoms with E-state index in [4.69, 9.17) is 18.9 Å². The fourth-order valence-electron chi connectivity index (χ4n) is 5.48. The number of hydrogen-bond donors (Lipinski definition) is 3. The van der Waals surface area contributed by atoms with Gasteiger partial charge in [-0.2, -0.15) is 0 Å². The Kier molecular flexibility index (Phi) is 8.83. The van der Waals surface area contributed by atoms with E-state index in [1.165, 1.54) is 35.4 Å². The Hall–Kier alpha value is -4.57. The summed E-state index contributed by atoms with van der Waals surface area (Å²) in [4.78, 5) is 41.7. The summed E-state index contributed by atoms with van der Waals surface area (Å²) < 4.78 is 21.8. The number of rotatable bonds is 9. The van der Waals surface area contributed by atoms with Crippen LogP contribution in [0.1, 0.15) is 24.8 Å². The number of ether oxygens (including phenoxy) is 4. The van der Waals surface area contributed by atoms with Crippen LogP contribution >= 0.6 is 0 Å². The number of amides is 2. The molecule has 3 N–H and O–H groups in total. The van der Waals surface area contributed by atoms with Gasteiger partial charge in [-0.1, -0.05) is 24.3 Å². The van der Waals surface area contributed by atoms with E-state index in [9.17, 15) is 19.5 Å². The van der Waals surface area contributed by atoms with Crippen molar-refractivity contribution in [1.82, 2.24) is 0 Å². The standard InChI is InChI=1S/C31H34N2O8/c1-31(37)17-22(34)27(29(35)32-20-10-6-8-12-24(20)40-4)26(19-16-18(38-2)14-15-23(19)39-3)28(31)30(36)33-21-11-7-9-13-25(21)41-5/h6-16,26-28,37H,17H2,1-5H3,(H,32,35)(H,33,36). The quantitative estimate of drug-likeness (QED) is 0.333. The Morgan fingerprint density at radius 1 is 0.780 bits per heavy atom. The third-order valence-electron chi connectivity index (χ3n) is 7.36. The summed E-state index contributed by atoms with van der Waals surface area (Å²) in [5.74, 6) is -3.99. The zero-order valence-electron chi connectivity index (χ0n) is 23.6. The number of Topliss-reactive ketones (excluding diaryl/α,β-unsaturated/α-hetero) is 1. The zero-order valence-corrected chi connectivity index (χ0v) is 23.6. The van der Waals surface area contributed by atoms with Gasteiger partial charge in [0, 0.05) is 17.9 Å². The molecule has 0 spiro atoms. The Bertz CT molecular complexity index is 1440. The third-order valence-corrected chi connectivity index (χ3v) is 7.36. The number of anilines is 2. The molecule has 10 heteroatoms. The van der Waals surface area contributed by atoms with Crippen molar-refractivity contribution in [3.05, 3.63) is 72.3 Å². The van der Waals surface area contributed by atoms with E-state index in [1.807, 2.05) is 0 Å². The number of ketones is 1. The molecule has 1 saturated carbocycles. The number of hydrogen-bond acceptors (Lipinski definition) is 8. The SMILES string of the molecule is COc1ccc(OC)c(C2C(C(=O)Nc3ccccc3OC)C(=O)CC(C)(O)C2C(=O)Nc2ccccc2OC)c1. The molecule has 0 bridgehead atoms.